The average molecular weight is 225 g/mol. The van der Waals surface area contributed by atoms with Gasteiger partial charge in [-0.15, -0.1) is 0 Å². The van der Waals surface area contributed by atoms with Crippen LogP contribution in [0.1, 0.15) is 37.4 Å². The number of hydrogen-bond donors (Lipinski definition) is 1. The van der Waals surface area contributed by atoms with Crippen LogP contribution in [0, 0.1) is 0 Å². The van der Waals surface area contributed by atoms with Gasteiger partial charge in [0.2, 0.25) is 0 Å². The second kappa shape index (κ2) is 5.64. The summed E-state index contributed by atoms with van der Waals surface area (Å²) in [5.41, 5.74) is 1.08. The van der Waals surface area contributed by atoms with Crippen molar-refractivity contribution < 1.29 is 5.11 Å². The first-order valence-corrected chi connectivity index (χ1v) is 6.73. The molecule has 2 rings (SSSR count). The molecule has 1 aliphatic heterocycles. The molecule has 15 heavy (non-hydrogen) atoms. The number of likely N-dealkylation sites (tertiary alicyclic amines) is 1. The van der Waals surface area contributed by atoms with E-state index in [0.717, 1.165) is 24.9 Å². The van der Waals surface area contributed by atoms with E-state index in [-0.39, 0.29) is 6.10 Å². The Morgan fingerprint density at radius 2 is 2.20 bits per heavy atom. The topological polar surface area (TPSA) is 23.5 Å². The third-order valence-corrected chi connectivity index (χ3v) is 3.78. The predicted octanol–water partition coefficient (Wildman–Crippen LogP) is 2.66. The van der Waals surface area contributed by atoms with Crippen LogP contribution in [-0.2, 0) is 0 Å². The van der Waals surface area contributed by atoms with Crippen LogP contribution in [0.5, 0.6) is 0 Å². The fourth-order valence-electron chi connectivity index (χ4n) is 2.15. The zero-order valence-corrected chi connectivity index (χ0v) is 9.88. The Kier molecular flexibility index (Phi) is 4.18. The van der Waals surface area contributed by atoms with Crippen molar-refractivity contribution in [1.29, 1.82) is 0 Å². The van der Waals surface area contributed by atoms with Crippen molar-refractivity contribution in [3.8, 4) is 0 Å². The van der Waals surface area contributed by atoms with Crippen LogP contribution >= 0.6 is 11.3 Å². The Labute approximate surface area is 95.5 Å². The Balaban J connectivity index is 1.65. The molecule has 1 unspecified atom stereocenters. The Morgan fingerprint density at radius 3 is 2.87 bits per heavy atom. The molecular formula is C12H19NOS. The average Bonchev–Trinajstić information content (AvgIpc) is 2.90. The molecule has 1 aromatic rings. The van der Waals surface area contributed by atoms with Crippen molar-refractivity contribution >= 4 is 11.3 Å². The highest BCUT2D eigenvalue weighted by molar-refractivity contribution is 7.07. The molecular weight excluding hydrogens is 206 g/mol. The van der Waals surface area contributed by atoms with Gasteiger partial charge in [-0.25, -0.2) is 0 Å². The summed E-state index contributed by atoms with van der Waals surface area (Å²) in [5.74, 6) is 0. The molecule has 3 heteroatoms. The maximum absolute atomic E-state index is 9.87. The van der Waals surface area contributed by atoms with Gasteiger partial charge in [-0.3, -0.25) is 0 Å². The van der Waals surface area contributed by atoms with Crippen LogP contribution in [0.25, 0.3) is 0 Å². The summed E-state index contributed by atoms with van der Waals surface area (Å²) in [7, 11) is 0. The summed E-state index contributed by atoms with van der Waals surface area (Å²) < 4.78 is 0. The van der Waals surface area contributed by atoms with E-state index in [1.54, 1.807) is 11.3 Å². The van der Waals surface area contributed by atoms with E-state index in [9.17, 15) is 5.11 Å². The number of thiophene rings is 1. The summed E-state index contributed by atoms with van der Waals surface area (Å²) in [4.78, 5) is 2.50. The zero-order valence-electron chi connectivity index (χ0n) is 9.06. The van der Waals surface area contributed by atoms with Gasteiger partial charge in [-0.05, 0) is 67.7 Å². The van der Waals surface area contributed by atoms with Gasteiger partial charge in [0.25, 0.3) is 0 Å². The van der Waals surface area contributed by atoms with E-state index in [1.807, 2.05) is 16.8 Å². The summed E-state index contributed by atoms with van der Waals surface area (Å²) in [6, 6.07) is 2.02. The van der Waals surface area contributed by atoms with Crippen LogP contribution in [0.3, 0.4) is 0 Å². The molecule has 1 aromatic heterocycles. The third kappa shape index (κ3) is 3.30. The monoisotopic (exact) mass is 225 g/mol. The Hall–Kier alpha value is -0.380. The lowest BCUT2D eigenvalue weighted by molar-refractivity contribution is 0.158. The van der Waals surface area contributed by atoms with Gasteiger partial charge < -0.3 is 10.0 Å². The number of rotatable bonds is 5. The fraction of sp³-hybridized carbons (Fsp3) is 0.667. The van der Waals surface area contributed by atoms with Gasteiger partial charge in [-0.2, -0.15) is 11.3 Å². The van der Waals surface area contributed by atoms with E-state index in [0.29, 0.717) is 0 Å². The molecule has 0 aromatic carbocycles. The van der Waals surface area contributed by atoms with Gasteiger partial charge in [0.05, 0.1) is 6.10 Å². The first-order valence-electron chi connectivity index (χ1n) is 5.79. The van der Waals surface area contributed by atoms with Gasteiger partial charge in [-0.1, -0.05) is 0 Å². The maximum Gasteiger partial charge on any atom is 0.0798 e. The molecule has 2 nitrogen and oxygen atoms in total. The number of hydrogen-bond acceptors (Lipinski definition) is 3. The maximum atomic E-state index is 9.87. The molecule has 0 radical (unpaired) electrons. The van der Waals surface area contributed by atoms with Gasteiger partial charge >= 0.3 is 0 Å². The van der Waals surface area contributed by atoms with Crippen molar-refractivity contribution in [1.82, 2.24) is 4.90 Å². The van der Waals surface area contributed by atoms with E-state index >= 15 is 0 Å². The van der Waals surface area contributed by atoms with Crippen LogP contribution in [0.15, 0.2) is 16.8 Å². The van der Waals surface area contributed by atoms with Crippen molar-refractivity contribution in [2.24, 2.45) is 0 Å². The third-order valence-electron chi connectivity index (χ3n) is 3.08. The standard InChI is InChI=1S/C12H19NOS/c14-12(11-5-9-15-10-11)4-3-8-13-6-1-2-7-13/h5,9-10,12,14H,1-4,6-8H2. The second-order valence-electron chi connectivity index (χ2n) is 4.26. The number of aliphatic hydroxyl groups excluding tert-OH is 1. The molecule has 1 atom stereocenters. The molecule has 0 saturated carbocycles. The predicted molar refractivity (Wildman–Crippen MR) is 64.2 cm³/mol. The normalized spacial score (nSPS) is 19.5. The molecule has 1 saturated heterocycles. The lowest BCUT2D eigenvalue weighted by atomic mass is 10.1. The Morgan fingerprint density at radius 1 is 1.40 bits per heavy atom. The van der Waals surface area contributed by atoms with E-state index in [2.05, 4.69) is 4.90 Å². The van der Waals surface area contributed by atoms with Gasteiger partial charge in [0, 0.05) is 0 Å². The Bertz CT molecular complexity index is 267. The van der Waals surface area contributed by atoms with Gasteiger partial charge in [0.15, 0.2) is 0 Å². The van der Waals surface area contributed by atoms with Crippen LogP contribution in [-0.4, -0.2) is 29.6 Å². The lowest BCUT2D eigenvalue weighted by Gasteiger charge is -2.15. The first-order chi connectivity index (χ1) is 7.36. The minimum Gasteiger partial charge on any atom is -0.388 e. The molecule has 1 aliphatic rings. The van der Waals surface area contributed by atoms with Crippen molar-refractivity contribution in [2.75, 3.05) is 19.6 Å². The molecule has 84 valence electrons. The smallest absolute Gasteiger partial charge is 0.0798 e. The quantitative estimate of drug-likeness (QED) is 0.833. The minimum atomic E-state index is -0.251. The largest absolute Gasteiger partial charge is 0.388 e. The second-order valence-corrected chi connectivity index (χ2v) is 5.04. The summed E-state index contributed by atoms with van der Waals surface area (Å²) in [6.45, 7) is 3.67. The van der Waals surface area contributed by atoms with Crippen LogP contribution in [0.4, 0.5) is 0 Å². The molecule has 0 aliphatic carbocycles. The highest BCUT2D eigenvalue weighted by Crippen LogP contribution is 2.21. The summed E-state index contributed by atoms with van der Waals surface area (Å²) in [6.07, 6.45) is 4.46. The number of nitrogens with zero attached hydrogens (tertiary/aromatic N) is 1. The number of aliphatic hydroxyl groups is 1. The van der Waals surface area contributed by atoms with E-state index in [1.165, 1.54) is 25.9 Å². The molecule has 0 spiro atoms. The summed E-state index contributed by atoms with van der Waals surface area (Å²) >= 11 is 1.66. The van der Waals surface area contributed by atoms with Crippen molar-refractivity contribution in [3.63, 3.8) is 0 Å². The zero-order chi connectivity index (χ0) is 10.5. The lowest BCUT2D eigenvalue weighted by Crippen LogP contribution is -2.20. The van der Waals surface area contributed by atoms with Crippen LogP contribution in [0.2, 0.25) is 0 Å². The summed E-state index contributed by atoms with van der Waals surface area (Å²) in [5, 5.41) is 13.9. The molecule has 2 heterocycles. The van der Waals surface area contributed by atoms with Crippen LogP contribution < -0.4 is 0 Å². The van der Waals surface area contributed by atoms with Gasteiger partial charge in [0.1, 0.15) is 0 Å². The molecule has 1 fully saturated rings. The van der Waals surface area contributed by atoms with Crippen molar-refractivity contribution in [3.05, 3.63) is 22.4 Å². The molecule has 0 bridgehead atoms. The highest BCUT2D eigenvalue weighted by Gasteiger charge is 2.12. The first kappa shape index (κ1) is 11.1. The SMILES string of the molecule is OC(CCCN1CCCC1)c1ccsc1. The van der Waals surface area contributed by atoms with E-state index < -0.39 is 0 Å². The molecule has 1 N–H and O–H groups in total. The molecule has 0 amide bonds. The van der Waals surface area contributed by atoms with E-state index in [4.69, 9.17) is 0 Å². The highest BCUT2D eigenvalue weighted by atomic mass is 32.1. The van der Waals surface area contributed by atoms with Crippen molar-refractivity contribution in [2.45, 2.75) is 31.8 Å². The fourth-order valence-corrected chi connectivity index (χ4v) is 2.85. The minimum absolute atomic E-state index is 0.251.